The molecule has 0 radical (unpaired) electrons. The second-order valence-electron chi connectivity index (χ2n) is 6.08. The summed E-state index contributed by atoms with van der Waals surface area (Å²) in [6.45, 7) is 7.74. The number of amides is 2. The van der Waals surface area contributed by atoms with Crippen LogP contribution in [-0.2, 0) is 9.59 Å². The van der Waals surface area contributed by atoms with E-state index in [1.54, 1.807) is 31.4 Å². The van der Waals surface area contributed by atoms with Gasteiger partial charge in [-0.25, -0.2) is 0 Å². The first kappa shape index (κ1) is 21.0. The molecule has 1 aliphatic rings. The lowest BCUT2D eigenvalue weighted by Crippen LogP contribution is -2.58. The molecule has 1 aromatic rings. The average molecular weight is 391 g/mol. The van der Waals surface area contributed by atoms with Gasteiger partial charge in [-0.15, -0.1) is 0 Å². The summed E-state index contributed by atoms with van der Waals surface area (Å²) in [5.74, 6) is -1.25. The van der Waals surface area contributed by atoms with Crippen molar-refractivity contribution in [3.8, 4) is 5.75 Å². The van der Waals surface area contributed by atoms with E-state index < -0.39 is 17.7 Å². The summed E-state index contributed by atoms with van der Waals surface area (Å²) in [4.78, 5) is 33.0. The number of nitrogens with one attached hydrogen (secondary N) is 1. The summed E-state index contributed by atoms with van der Waals surface area (Å²) in [7, 11) is 1.55. The monoisotopic (exact) mass is 390 g/mol. The molecule has 1 unspecified atom stereocenters. The number of aliphatic imine (C=N–C) groups is 1. The molecule has 0 aliphatic carbocycles. The third kappa shape index (κ3) is 5.33. The second-order valence-corrected chi connectivity index (χ2v) is 6.47. The molecule has 2 amide bonds. The molecule has 27 heavy (non-hydrogen) atoms. The Balaban J connectivity index is 2.06. The molecule has 1 aliphatic heterocycles. The van der Waals surface area contributed by atoms with Crippen LogP contribution in [0, 0.1) is 5.92 Å². The van der Waals surface area contributed by atoms with Crippen LogP contribution in [0.2, 0.25) is 0 Å². The van der Waals surface area contributed by atoms with Crippen LogP contribution in [0.3, 0.4) is 0 Å². The summed E-state index contributed by atoms with van der Waals surface area (Å²) >= 11 is 5.19. The van der Waals surface area contributed by atoms with Gasteiger partial charge in [0, 0.05) is 18.8 Å². The number of rotatable bonds is 9. The summed E-state index contributed by atoms with van der Waals surface area (Å²) in [5, 5.41) is 2.64. The molecule has 1 aromatic carbocycles. The Kier molecular flexibility index (Phi) is 7.87. The van der Waals surface area contributed by atoms with Gasteiger partial charge in [0.05, 0.1) is 12.8 Å². The van der Waals surface area contributed by atoms with Gasteiger partial charge in [0.1, 0.15) is 5.75 Å². The minimum absolute atomic E-state index is 0.0597. The molecule has 8 heteroatoms. The van der Waals surface area contributed by atoms with Crippen molar-refractivity contribution >= 4 is 41.0 Å². The quantitative estimate of drug-likeness (QED) is 0.302. The number of benzene rings is 1. The van der Waals surface area contributed by atoms with E-state index in [1.165, 1.54) is 11.1 Å². The normalized spacial score (nSPS) is 17.7. The van der Waals surface area contributed by atoms with Crippen molar-refractivity contribution in [3.05, 3.63) is 24.3 Å². The first-order chi connectivity index (χ1) is 13.0. The molecule has 1 atom stereocenters. The lowest BCUT2D eigenvalue weighted by atomic mass is 10.1. The molecule has 1 N–H and O–H groups in total. The first-order valence-electron chi connectivity index (χ1n) is 9.06. The van der Waals surface area contributed by atoms with E-state index >= 15 is 0 Å². The highest BCUT2D eigenvalue weighted by Gasteiger charge is 2.38. The topological polar surface area (TPSA) is 74.2 Å². The molecule has 0 saturated carbocycles. The fraction of sp³-hybridized carbons (Fsp3) is 0.474. The van der Waals surface area contributed by atoms with Crippen LogP contribution >= 0.6 is 12.2 Å². The largest absolute Gasteiger partial charge is 0.497 e. The average Bonchev–Trinajstić information content (AvgIpc) is 2.66. The molecular formula is C19H26N4O3S. The standard InChI is InChI=1S/C19H26N4O3S/c1-4-22(5-2)11-7-10-20-13-16-17(24)21-19(27)23(18(16)25)14-8-6-9-15(12-14)26-3/h6,8-9,12-13,16H,4-5,7,10-11H2,1-3H3,(H,21,24,27). The smallest absolute Gasteiger partial charge is 0.251 e. The first-order valence-corrected chi connectivity index (χ1v) is 9.47. The van der Waals surface area contributed by atoms with Crippen molar-refractivity contribution in [1.82, 2.24) is 10.2 Å². The Morgan fingerprint density at radius 1 is 1.33 bits per heavy atom. The predicted molar refractivity (Wildman–Crippen MR) is 110 cm³/mol. The van der Waals surface area contributed by atoms with E-state index in [1.807, 2.05) is 0 Å². The number of carbonyl (C=O) groups excluding carboxylic acids is 2. The number of hydrogen-bond acceptors (Lipinski definition) is 6. The molecule has 2 rings (SSSR count). The lowest BCUT2D eigenvalue weighted by Gasteiger charge is -2.31. The number of carbonyl (C=O) groups is 2. The molecule has 1 fully saturated rings. The third-order valence-electron chi connectivity index (χ3n) is 4.42. The van der Waals surface area contributed by atoms with E-state index in [0.717, 1.165) is 26.1 Å². The van der Waals surface area contributed by atoms with Crippen LogP contribution in [0.4, 0.5) is 5.69 Å². The van der Waals surface area contributed by atoms with Crippen LogP contribution in [0.5, 0.6) is 5.75 Å². The summed E-state index contributed by atoms with van der Waals surface area (Å²) in [6.07, 6.45) is 2.30. The minimum atomic E-state index is -0.989. The van der Waals surface area contributed by atoms with Crippen LogP contribution in [-0.4, -0.2) is 61.3 Å². The van der Waals surface area contributed by atoms with Gasteiger partial charge in [-0.3, -0.25) is 19.5 Å². The van der Waals surface area contributed by atoms with E-state index in [4.69, 9.17) is 17.0 Å². The second kappa shape index (κ2) is 10.1. The Bertz CT molecular complexity index is 719. The third-order valence-corrected chi connectivity index (χ3v) is 4.71. The molecular weight excluding hydrogens is 364 g/mol. The predicted octanol–water partition coefficient (Wildman–Crippen LogP) is 1.86. The van der Waals surface area contributed by atoms with Crippen LogP contribution in [0.1, 0.15) is 20.3 Å². The fourth-order valence-corrected chi connectivity index (χ4v) is 3.12. The number of nitrogens with zero attached hydrogens (tertiary/aromatic N) is 3. The number of anilines is 1. The van der Waals surface area contributed by atoms with Crippen molar-refractivity contribution in [2.75, 3.05) is 38.2 Å². The molecule has 1 saturated heterocycles. The molecule has 7 nitrogen and oxygen atoms in total. The van der Waals surface area contributed by atoms with Crippen molar-refractivity contribution in [1.29, 1.82) is 0 Å². The van der Waals surface area contributed by atoms with Gasteiger partial charge in [-0.2, -0.15) is 0 Å². The molecule has 1 heterocycles. The Morgan fingerprint density at radius 3 is 2.74 bits per heavy atom. The molecule has 0 aromatic heterocycles. The Labute approximate surface area is 165 Å². The minimum Gasteiger partial charge on any atom is -0.497 e. The Morgan fingerprint density at radius 2 is 2.07 bits per heavy atom. The van der Waals surface area contributed by atoms with Crippen molar-refractivity contribution in [2.45, 2.75) is 20.3 Å². The molecule has 146 valence electrons. The van der Waals surface area contributed by atoms with Gasteiger partial charge >= 0.3 is 0 Å². The number of thiocarbonyl (C=S) groups is 1. The highest BCUT2D eigenvalue weighted by Crippen LogP contribution is 2.24. The van der Waals surface area contributed by atoms with Gasteiger partial charge in [0.15, 0.2) is 11.0 Å². The van der Waals surface area contributed by atoms with Crippen LogP contribution in [0.25, 0.3) is 0 Å². The van der Waals surface area contributed by atoms with Crippen LogP contribution in [0.15, 0.2) is 29.3 Å². The van der Waals surface area contributed by atoms with E-state index in [9.17, 15) is 9.59 Å². The van der Waals surface area contributed by atoms with Gasteiger partial charge in [0.25, 0.3) is 5.91 Å². The maximum absolute atomic E-state index is 12.8. The summed E-state index contributed by atoms with van der Waals surface area (Å²) < 4.78 is 5.19. The SMILES string of the molecule is CCN(CC)CCCN=CC1C(=O)NC(=S)N(c2cccc(OC)c2)C1=O. The van der Waals surface area contributed by atoms with E-state index in [0.29, 0.717) is 18.0 Å². The zero-order valence-electron chi connectivity index (χ0n) is 16.0. The van der Waals surface area contributed by atoms with E-state index in [2.05, 4.69) is 29.1 Å². The van der Waals surface area contributed by atoms with Gasteiger partial charge in [0.2, 0.25) is 5.91 Å². The van der Waals surface area contributed by atoms with E-state index in [-0.39, 0.29) is 5.11 Å². The maximum atomic E-state index is 12.8. The highest BCUT2D eigenvalue weighted by atomic mass is 32.1. The fourth-order valence-electron chi connectivity index (χ4n) is 2.82. The van der Waals surface area contributed by atoms with Crippen molar-refractivity contribution < 1.29 is 14.3 Å². The zero-order valence-corrected chi connectivity index (χ0v) is 16.8. The Hall–Kier alpha value is -2.32. The highest BCUT2D eigenvalue weighted by molar-refractivity contribution is 7.80. The van der Waals surface area contributed by atoms with Crippen molar-refractivity contribution in [3.63, 3.8) is 0 Å². The van der Waals surface area contributed by atoms with Gasteiger partial charge in [-0.1, -0.05) is 19.9 Å². The summed E-state index contributed by atoms with van der Waals surface area (Å²) in [5.41, 5.74) is 0.546. The number of methoxy groups -OCH3 is 1. The number of hydrogen-bond donors (Lipinski definition) is 1. The summed E-state index contributed by atoms with van der Waals surface area (Å²) in [6, 6.07) is 6.97. The maximum Gasteiger partial charge on any atom is 0.251 e. The van der Waals surface area contributed by atoms with Gasteiger partial charge < -0.3 is 15.0 Å². The lowest BCUT2D eigenvalue weighted by molar-refractivity contribution is -0.130. The molecule has 0 spiro atoms. The van der Waals surface area contributed by atoms with Gasteiger partial charge in [-0.05, 0) is 50.4 Å². The van der Waals surface area contributed by atoms with Crippen molar-refractivity contribution in [2.24, 2.45) is 10.9 Å². The number of ether oxygens (including phenoxy) is 1. The zero-order chi connectivity index (χ0) is 19.8. The van der Waals surface area contributed by atoms with Crippen LogP contribution < -0.4 is 15.0 Å². The molecule has 0 bridgehead atoms.